The highest BCUT2D eigenvalue weighted by Gasteiger charge is 2.55. The summed E-state index contributed by atoms with van der Waals surface area (Å²) in [5.74, 6) is 3.44. The molecule has 1 spiro atoms. The fraction of sp³-hybridized carbons (Fsp3) is 0.0392. The van der Waals surface area contributed by atoms with Crippen LogP contribution in [0.25, 0.3) is 55.7 Å². The molecule has 6 heteroatoms. The molecular formula is C51H32N4O2. The van der Waals surface area contributed by atoms with E-state index in [0.29, 0.717) is 17.5 Å². The van der Waals surface area contributed by atoms with Crippen molar-refractivity contribution in [3.8, 4) is 34.2 Å². The molecule has 3 aromatic heterocycles. The van der Waals surface area contributed by atoms with Crippen molar-refractivity contribution in [1.82, 2.24) is 15.0 Å². The van der Waals surface area contributed by atoms with Crippen LogP contribution in [-0.2, 0) is 11.8 Å². The first kappa shape index (κ1) is 31.7. The zero-order valence-electron chi connectivity index (χ0n) is 30.6. The van der Waals surface area contributed by atoms with E-state index in [9.17, 15) is 0 Å². The Morgan fingerprint density at radius 2 is 0.965 bits per heavy atom. The minimum Gasteiger partial charge on any atom is -0.465 e. The zero-order chi connectivity index (χ0) is 37.5. The molecule has 0 bridgehead atoms. The number of benzene rings is 7. The summed E-state index contributed by atoms with van der Waals surface area (Å²) < 4.78 is 13.6. The van der Waals surface area contributed by atoms with E-state index < -0.39 is 5.41 Å². The van der Waals surface area contributed by atoms with Crippen LogP contribution in [0, 0.1) is 0 Å². The van der Waals surface area contributed by atoms with E-state index in [2.05, 4.69) is 114 Å². The number of anilines is 3. The molecule has 1 aliphatic heterocycles. The Hall–Kier alpha value is -7.57. The minimum atomic E-state index is -0.904. The summed E-state index contributed by atoms with van der Waals surface area (Å²) in [6, 6.07) is 59.2. The number of fused-ring (bicyclic) bond motifs is 11. The second-order valence-electron chi connectivity index (χ2n) is 14.8. The summed E-state index contributed by atoms with van der Waals surface area (Å²) in [6.45, 7) is 0. The Morgan fingerprint density at radius 1 is 0.421 bits per heavy atom. The second kappa shape index (κ2) is 12.2. The van der Waals surface area contributed by atoms with E-state index >= 15 is 0 Å². The van der Waals surface area contributed by atoms with Gasteiger partial charge in [0.25, 0.3) is 0 Å². The third kappa shape index (κ3) is 4.61. The van der Waals surface area contributed by atoms with Gasteiger partial charge in [-0.05, 0) is 57.0 Å². The lowest BCUT2D eigenvalue weighted by molar-refractivity contribution is 0.390. The lowest BCUT2D eigenvalue weighted by atomic mass is 9.62. The summed E-state index contributed by atoms with van der Waals surface area (Å²) in [6.07, 6.45) is 4.40. The fourth-order valence-corrected chi connectivity index (χ4v) is 9.27. The zero-order valence-corrected chi connectivity index (χ0v) is 30.6. The Balaban J connectivity index is 1.12. The van der Waals surface area contributed by atoms with Gasteiger partial charge in [0.05, 0.1) is 29.6 Å². The number of aromatic nitrogens is 3. The second-order valence-corrected chi connectivity index (χ2v) is 14.8. The molecular weight excluding hydrogens is 701 g/mol. The van der Waals surface area contributed by atoms with Crippen molar-refractivity contribution in [2.75, 3.05) is 4.90 Å². The molecule has 0 saturated heterocycles. The van der Waals surface area contributed by atoms with Crippen molar-refractivity contribution in [3.63, 3.8) is 0 Å². The third-order valence-corrected chi connectivity index (χ3v) is 11.7. The molecule has 0 atom stereocenters. The number of hydrogen-bond donors (Lipinski definition) is 0. The van der Waals surface area contributed by atoms with Crippen LogP contribution < -0.4 is 4.90 Å². The van der Waals surface area contributed by atoms with Gasteiger partial charge in [-0.3, -0.25) is 0 Å². The summed E-state index contributed by atoms with van der Waals surface area (Å²) in [7, 11) is 0. The molecule has 268 valence electrons. The van der Waals surface area contributed by atoms with Gasteiger partial charge in [0.15, 0.2) is 17.5 Å². The lowest BCUT2D eigenvalue weighted by Gasteiger charge is -2.44. The molecule has 2 aliphatic rings. The molecule has 6 nitrogen and oxygen atoms in total. The van der Waals surface area contributed by atoms with Gasteiger partial charge in [-0.25, -0.2) is 15.0 Å². The monoisotopic (exact) mass is 732 g/mol. The number of hydrogen-bond acceptors (Lipinski definition) is 6. The van der Waals surface area contributed by atoms with Crippen LogP contribution in [0.2, 0.25) is 0 Å². The molecule has 1 aliphatic carbocycles. The standard InChI is InChI=1S/C51H32N4O2/c1-3-13-32(14-4-1)48-52-49(33-15-5-2-6-16-33)54-50(53-48)37-24-23-36-29-35-18-8-12-22-41(35)51(42(36)30-37)46-43(25-27-56-46)55(44-26-28-57-47(44)51)45-31-34-17-7-9-19-38(34)39-20-10-11-21-40(39)45/h1-28,30-31H,29H2. The normalized spacial score (nSPS) is 13.6. The van der Waals surface area contributed by atoms with Gasteiger partial charge in [0.1, 0.15) is 16.9 Å². The average Bonchev–Trinajstić information content (AvgIpc) is 3.98. The summed E-state index contributed by atoms with van der Waals surface area (Å²) in [5.41, 5.74) is 9.46. The topological polar surface area (TPSA) is 68.2 Å². The first-order chi connectivity index (χ1) is 28.3. The summed E-state index contributed by atoms with van der Waals surface area (Å²) in [5, 5.41) is 4.73. The first-order valence-electron chi connectivity index (χ1n) is 19.2. The van der Waals surface area contributed by atoms with Crippen molar-refractivity contribution in [3.05, 3.63) is 216 Å². The molecule has 0 saturated carbocycles. The van der Waals surface area contributed by atoms with Crippen molar-refractivity contribution in [1.29, 1.82) is 0 Å². The molecule has 12 rings (SSSR count). The maximum absolute atomic E-state index is 6.80. The molecule has 0 fully saturated rings. The van der Waals surface area contributed by atoms with Gasteiger partial charge >= 0.3 is 0 Å². The Labute approximate surface area is 328 Å². The first-order valence-corrected chi connectivity index (χ1v) is 19.2. The number of rotatable bonds is 4. The van der Waals surface area contributed by atoms with Crippen LogP contribution in [0.3, 0.4) is 0 Å². The summed E-state index contributed by atoms with van der Waals surface area (Å²) in [4.78, 5) is 17.5. The number of nitrogens with zero attached hydrogens (tertiary/aromatic N) is 4. The molecule has 4 heterocycles. The van der Waals surface area contributed by atoms with Crippen molar-refractivity contribution >= 4 is 38.6 Å². The SMILES string of the molecule is c1ccc(-c2nc(-c3ccccc3)nc(-c3ccc4c(c3)C3(c5ccccc5C4)c4occc4N(c4cc5ccccc5c5ccccc45)c4ccoc43)n2)cc1. The Kier molecular flexibility index (Phi) is 6.81. The maximum atomic E-state index is 6.80. The molecule has 10 aromatic rings. The van der Waals surface area contributed by atoms with Crippen LogP contribution in [0.5, 0.6) is 0 Å². The van der Waals surface area contributed by atoms with E-state index in [1.165, 1.54) is 27.3 Å². The van der Waals surface area contributed by atoms with Gasteiger partial charge in [-0.2, -0.15) is 0 Å². The quantitative estimate of drug-likeness (QED) is 0.168. The Morgan fingerprint density at radius 3 is 1.65 bits per heavy atom. The van der Waals surface area contributed by atoms with Crippen LogP contribution in [0.15, 0.2) is 191 Å². The van der Waals surface area contributed by atoms with E-state index in [1.807, 2.05) is 73.2 Å². The predicted octanol–water partition coefficient (Wildman–Crippen LogP) is 12.4. The fourth-order valence-electron chi connectivity index (χ4n) is 9.27. The van der Waals surface area contributed by atoms with Crippen LogP contribution >= 0.6 is 0 Å². The van der Waals surface area contributed by atoms with Gasteiger partial charge in [-0.15, -0.1) is 0 Å². The molecule has 7 aromatic carbocycles. The van der Waals surface area contributed by atoms with Gasteiger partial charge in [0, 0.05) is 34.2 Å². The Bertz CT molecular complexity index is 3080. The van der Waals surface area contributed by atoms with Crippen LogP contribution in [0.1, 0.15) is 33.8 Å². The molecule has 0 radical (unpaired) electrons. The number of furan rings is 2. The molecule has 0 N–H and O–H groups in total. The maximum Gasteiger partial charge on any atom is 0.164 e. The molecule has 0 unspecified atom stereocenters. The smallest absolute Gasteiger partial charge is 0.164 e. The molecule has 0 amide bonds. The van der Waals surface area contributed by atoms with Crippen LogP contribution in [0.4, 0.5) is 17.1 Å². The van der Waals surface area contributed by atoms with E-state index in [0.717, 1.165) is 68.2 Å². The minimum absolute atomic E-state index is 0.596. The van der Waals surface area contributed by atoms with Gasteiger partial charge in [0.2, 0.25) is 0 Å². The van der Waals surface area contributed by atoms with Crippen molar-refractivity contribution in [2.24, 2.45) is 0 Å². The van der Waals surface area contributed by atoms with Crippen molar-refractivity contribution in [2.45, 2.75) is 11.8 Å². The highest BCUT2D eigenvalue weighted by molar-refractivity contribution is 6.15. The largest absolute Gasteiger partial charge is 0.465 e. The van der Waals surface area contributed by atoms with E-state index in [-0.39, 0.29) is 0 Å². The van der Waals surface area contributed by atoms with Crippen LogP contribution in [-0.4, -0.2) is 15.0 Å². The third-order valence-electron chi connectivity index (χ3n) is 11.7. The van der Waals surface area contributed by atoms with Crippen molar-refractivity contribution < 1.29 is 8.83 Å². The predicted molar refractivity (Wildman–Crippen MR) is 225 cm³/mol. The van der Waals surface area contributed by atoms with Gasteiger partial charge in [-0.1, -0.05) is 146 Å². The summed E-state index contributed by atoms with van der Waals surface area (Å²) >= 11 is 0. The highest BCUT2D eigenvalue weighted by atomic mass is 16.4. The van der Waals surface area contributed by atoms with E-state index in [4.69, 9.17) is 23.8 Å². The average molecular weight is 733 g/mol. The van der Waals surface area contributed by atoms with E-state index in [1.54, 1.807) is 0 Å². The lowest BCUT2D eigenvalue weighted by Crippen LogP contribution is -2.40. The molecule has 57 heavy (non-hydrogen) atoms. The van der Waals surface area contributed by atoms with Gasteiger partial charge < -0.3 is 13.7 Å². The highest BCUT2D eigenvalue weighted by Crippen LogP contribution is 2.62.